The molecule has 1 aliphatic rings. The SMILES string of the molecule is O=C(OCc1cc(-c2ccc3c(c2)OCCO3)on1)c1cccc(F)c1. The molecule has 132 valence electrons. The number of nitrogens with zero attached hydrogens (tertiary/aromatic N) is 1. The van der Waals surface area contributed by atoms with Crippen LogP contribution >= 0.6 is 0 Å². The van der Waals surface area contributed by atoms with Crippen LogP contribution in [0.3, 0.4) is 0 Å². The quantitative estimate of drug-likeness (QED) is 0.666. The van der Waals surface area contributed by atoms with Gasteiger partial charge in [-0.2, -0.15) is 0 Å². The van der Waals surface area contributed by atoms with E-state index in [0.29, 0.717) is 36.2 Å². The molecular formula is C19H14FNO5. The first-order valence-corrected chi connectivity index (χ1v) is 7.97. The molecule has 0 N–H and O–H groups in total. The molecule has 0 amide bonds. The second kappa shape index (κ2) is 6.87. The van der Waals surface area contributed by atoms with Crippen LogP contribution in [0.5, 0.6) is 11.5 Å². The van der Waals surface area contributed by atoms with E-state index in [1.807, 2.05) is 6.07 Å². The van der Waals surface area contributed by atoms with Gasteiger partial charge in [0.25, 0.3) is 0 Å². The van der Waals surface area contributed by atoms with Crippen LogP contribution in [0.25, 0.3) is 11.3 Å². The fourth-order valence-corrected chi connectivity index (χ4v) is 2.55. The van der Waals surface area contributed by atoms with Gasteiger partial charge in [-0.1, -0.05) is 11.2 Å². The van der Waals surface area contributed by atoms with Crippen LogP contribution in [0, 0.1) is 5.82 Å². The minimum Gasteiger partial charge on any atom is -0.486 e. The molecule has 7 heteroatoms. The Labute approximate surface area is 148 Å². The maximum Gasteiger partial charge on any atom is 0.338 e. The highest BCUT2D eigenvalue weighted by Gasteiger charge is 2.15. The molecule has 1 aromatic heterocycles. The van der Waals surface area contributed by atoms with E-state index in [4.69, 9.17) is 18.7 Å². The lowest BCUT2D eigenvalue weighted by Crippen LogP contribution is -2.15. The number of fused-ring (bicyclic) bond motifs is 1. The largest absolute Gasteiger partial charge is 0.486 e. The highest BCUT2D eigenvalue weighted by atomic mass is 19.1. The molecule has 0 unspecified atom stereocenters. The molecule has 0 saturated heterocycles. The molecule has 0 aliphatic carbocycles. The first-order chi connectivity index (χ1) is 12.7. The molecular weight excluding hydrogens is 341 g/mol. The molecule has 2 aromatic carbocycles. The third-order valence-corrected chi connectivity index (χ3v) is 3.80. The zero-order valence-electron chi connectivity index (χ0n) is 13.6. The van der Waals surface area contributed by atoms with Crippen LogP contribution in [0.4, 0.5) is 4.39 Å². The number of benzene rings is 2. The van der Waals surface area contributed by atoms with Gasteiger partial charge in [-0.05, 0) is 36.4 Å². The van der Waals surface area contributed by atoms with E-state index in [-0.39, 0.29) is 12.2 Å². The van der Waals surface area contributed by atoms with Gasteiger partial charge in [-0.3, -0.25) is 0 Å². The van der Waals surface area contributed by atoms with Crippen LogP contribution in [-0.4, -0.2) is 24.3 Å². The molecule has 0 fully saturated rings. The third kappa shape index (κ3) is 3.37. The number of aromatic nitrogens is 1. The molecule has 26 heavy (non-hydrogen) atoms. The number of hydrogen-bond acceptors (Lipinski definition) is 6. The maximum absolute atomic E-state index is 13.1. The summed E-state index contributed by atoms with van der Waals surface area (Å²) in [7, 11) is 0. The van der Waals surface area contributed by atoms with Crippen LogP contribution in [0.1, 0.15) is 16.1 Å². The van der Waals surface area contributed by atoms with E-state index >= 15 is 0 Å². The van der Waals surface area contributed by atoms with Crippen molar-refractivity contribution in [1.29, 1.82) is 0 Å². The van der Waals surface area contributed by atoms with Gasteiger partial charge < -0.3 is 18.7 Å². The summed E-state index contributed by atoms with van der Waals surface area (Å²) in [6.07, 6.45) is 0. The molecule has 1 aliphatic heterocycles. The van der Waals surface area contributed by atoms with Crippen molar-refractivity contribution >= 4 is 5.97 Å². The van der Waals surface area contributed by atoms with E-state index < -0.39 is 11.8 Å². The minimum absolute atomic E-state index is 0.0800. The Morgan fingerprint density at radius 2 is 1.92 bits per heavy atom. The summed E-state index contributed by atoms with van der Waals surface area (Å²) in [6.45, 7) is 0.938. The van der Waals surface area contributed by atoms with Crippen LogP contribution in [0.15, 0.2) is 53.1 Å². The average molecular weight is 355 g/mol. The van der Waals surface area contributed by atoms with Gasteiger partial charge in [-0.25, -0.2) is 9.18 Å². The average Bonchev–Trinajstić information content (AvgIpc) is 3.15. The molecule has 0 spiro atoms. The molecule has 3 aromatic rings. The van der Waals surface area contributed by atoms with Crippen molar-refractivity contribution < 1.29 is 27.9 Å². The van der Waals surface area contributed by atoms with Gasteiger partial charge in [0, 0.05) is 11.6 Å². The Bertz CT molecular complexity index is 953. The Hall–Kier alpha value is -3.35. The zero-order chi connectivity index (χ0) is 17.9. The molecule has 0 radical (unpaired) electrons. The number of carbonyl (C=O) groups is 1. The van der Waals surface area contributed by atoms with Crippen molar-refractivity contribution in [2.24, 2.45) is 0 Å². The lowest BCUT2D eigenvalue weighted by atomic mass is 10.1. The second-order valence-corrected chi connectivity index (χ2v) is 5.63. The Kier molecular flexibility index (Phi) is 4.27. The Balaban J connectivity index is 1.44. The number of hydrogen-bond donors (Lipinski definition) is 0. The first-order valence-electron chi connectivity index (χ1n) is 7.97. The molecule has 0 bridgehead atoms. The van der Waals surface area contributed by atoms with Crippen LogP contribution < -0.4 is 9.47 Å². The smallest absolute Gasteiger partial charge is 0.338 e. The molecule has 4 rings (SSSR count). The molecule has 0 atom stereocenters. The second-order valence-electron chi connectivity index (χ2n) is 5.63. The van der Waals surface area contributed by atoms with Gasteiger partial charge >= 0.3 is 5.97 Å². The predicted molar refractivity (Wildman–Crippen MR) is 88.4 cm³/mol. The van der Waals surface area contributed by atoms with E-state index in [1.54, 1.807) is 18.2 Å². The number of rotatable bonds is 4. The number of ether oxygens (including phenoxy) is 3. The van der Waals surface area contributed by atoms with Crippen LogP contribution in [0.2, 0.25) is 0 Å². The summed E-state index contributed by atoms with van der Waals surface area (Å²) < 4.78 is 34.6. The summed E-state index contributed by atoms with van der Waals surface area (Å²) in [4.78, 5) is 11.9. The van der Waals surface area contributed by atoms with Gasteiger partial charge in [0.1, 0.15) is 31.3 Å². The Morgan fingerprint density at radius 3 is 2.77 bits per heavy atom. The van der Waals surface area contributed by atoms with Gasteiger partial charge in [-0.15, -0.1) is 0 Å². The zero-order valence-corrected chi connectivity index (χ0v) is 13.6. The van der Waals surface area contributed by atoms with Gasteiger partial charge in [0.2, 0.25) is 0 Å². The minimum atomic E-state index is -0.631. The van der Waals surface area contributed by atoms with E-state index in [9.17, 15) is 9.18 Å². The number of carbonyl (C=O) groups excluding carboxylic acids is 1. The van der Waals surface area contributed by atoms with Gasteiger partial charge in [0.05, 0.1) is 5.56 Å². The summed E-state index contributed by atoms with van der Waals surface area (Å²) in [5, 5.41) is 3.89. The lowest BCUT2D eigenvalue weighted by Gasteiger charge is -2.18. The van der Waals surface area contributed by atoms with Crippen molar-refractivity contribution in [3.63, 3.8) is 0 Å². The highest BCUT2D eigenvalue weighted by Crippen LogP contribution is 2.34. The standard InChI is InChI=1S/C19H14FNO5/c20-14-3-1-2-13(8-14)19(22)25-11-15-10-17(26-21-15)12-4-5-16-18(9-12)24-7-6-23-16/h1-5,8-10H,6-7,11H2. The summed E-state index contributed by atoms with van der Waals surface area (Å²) in [5.41, 5.74) is 1.35. The van der Waals surface area contributed by atoms with Crippen molar-refractivity contribution in [3.05, 3.63) is 65.6 Å². The summed E-state index contributed by atoms with van der Waals surface area (Å²) in [6, 6.07) is 12.4. The van der Waals surface area contributed by atoms with E-state index in [1.165, 1.54) is 18.2 Å². The fourth-order valence-electron chi connectivity index (χ4n) is 2.55. The van der Waals surface area contributed by atoms with Crippen molar-refractivity contribution in [2.45, 2.75) is 6.61 Å². The molecule has 2 heterocycles. The first kappa shape index (κ1) is 16.1. The molecule has 6 nitrogen and oxygen atoms in total. The van der Waals surface area contributed by atoms with Crippen LogP contribution in [-0.2, 0) is 11.3 Å². The van der Waals surface area contributed by atoms with Crippen molar-refractivity contribution in [1.82, 2.24) is 5.16 Å². The number of esters is 1. The summed E-state index contributed by atoms with van der Waals surface area (Å²) in [5.74, 6) is 0.710. The molecule has 0 saturated carbocycles. The number of halogens is 1. The fraction of sp³-hybridized carbons (Fsp3) is 0.158. The lowest BCUT2D eigenvalue weighted by molar-refractivity contribution is 0.0463. The highest BCUT2D eigenvalue weighted by molar-refractivity contribution is 5.89. The summed E-state index contributed by atoms with van der Waals surface area (Å²) >= 11 is 0. The van der Waals surface area contributed by atoms with E-state index in [2.05, 4.69) is 5.16 Å². The topological polar surface area (TPSA) is 70.8 Å². The van der Waals surface area contributed by atoms with E-state index in [0.717, 1.165) is 11.6 Å². The third-order valence-electron chi connectivity index (χ3n) is 3.80. The van der Waals surface area contributed by atoms with Crippen molar-refractivity contribution in [3.8, 4) is 22.8 Å². The predicted octanol–water partition coefficient (Wildman–Crippen LogP) is 3.61. The normalized spacial score (nSPS) is 12.7. The van der Waals surface area contributed by atoms with Crippen molar-refractivity contribution in [2.75, 3.05) is 13.2 Å². The van der Waals surface area contributed by atoms with Gasteiger partial charge in [0.15, 0.2) is 17.3 Å². The monoisotopic (exact) mass is 355 g/mol. The Morgan fingerprint density at radius 1 is 1.08 bits per heavy atom. The maximum atomic E-state index is 13.1.